The van der Waals surface area contributed by atoms with Gasteiger partial charge in [-0.1, -0.05) is 13.8 Å². The summed E-state index contributed by atoms with van der Waals surface area (Å²) >= 11 is 0. The standard InChI is InChI=1S/C15H22N2O3/c1-11(2)12-4-7-16-14(10-12)20-13-5-8-17(9-6-13)15(18)19-3/h4,7,10-11,13H,5-6,8-9H2,1-3H3. The fraction of sp³-hybridized carbons (Fsp3) is 0.600. The van der Waals surface area contributed by atoms with Crippen molar-refractivity contribution >= 4 is 6.09 Å². The molecule has 0 radical (unpaired) electrons. The van der Waals surface area contributed by atoms with E-state index in [1.54, 1.807) is 11.1 Å². The average Bonchev–Trinajstić information content (AvgIpc) is 2.47. The average molecular weight is 278 g/mol. The second-order valence-corrected chi connectivity index (χ2v) is 5.36. The largest absolute Gasteiger partial charge is 0.474 e. The number of carbonyl (C=O) groups is 1. The monoisotopic (exact) mass is 278 g/mol. The fourth-order valence-corrected chi connectivity index (χ4v) is 2.30. The van der Waals surface area contributed by atoms with E-state index in [0.29, 0.717) is 24.9 Å². The lowest BCUT2D eigenvalue weighted by Crippen LogP contribution is -2.41. The molecule has 1 fully saturated rings. The van der Waals surface area contributed by atoms with Crippen molar-refractivity contribution in [3.63, 3.8) is 0 Å². The minimum Gasteiger partial charge on any atom is -0.474 e. The maximum Gasteiger partial charge on any atom is 0.409 e. The molecule has 1 amide bonds. The minimum absolute atomic E-state index is 0.116. The van der Waals surface area contributed by atoms with Crippen LogP contribution in [-0.4, -0.2) is 42.3 Å². The topological polar surface area (TPSA) is 51.7 Å². The zero-order valence-corrected chi connectivity index (χ0v) is 12.3. The zero-order valence-electron chi connectivity index (χ0n) is 12.3. The number of hydrogen-bond acceptors (Lipinski definition) is 4. The van der Waals surface area contributed by atoms with Gasteiger partial charge in [0.1, 0.15) is 6.10 Å². The smallest absolute Gasteiger partial charge is 0.409 e. The Morgan fingerprint density at radius 1 is 1.40 bits per heavy atom. The molecule has 0 aliphatic carbocycles. The Morgan fingerprint density at radius 2 is 2.10 bits per heavy atom. The summed E-state index contributed by atoms with van der Waals surface area (Å²) in [5, 5.41) is 0. The number of methoxy groups -OCH3 is 1. The van der Waals surface area contributed by atoms with E-state index >= 15 is 0 Å². The molecule has 0 N–H and O–H groups in total. The molecular weight excluding hydrogens is 256 g/mol. The molecule has 2 rings (SSSR count). The lowest BCUT2D eigenvalue weighted by molar-refractivity contribution is 0.0772. The Morgan fingerprint density at radius 3 is 2.70 bits per heavy atom. The van der Waals surface area contributed by atoms with Gasteiger partial charge in [0.25, 0.3) is 0 Å². The van der Waals surface area contributed by atoms with Gasteiger partial charge in [-0.25, -0.2) is 9.78 Å². The van der Waals surface area contributed by atoms with Gasteiger partial charge in [0.05, 0.1) is 7.11 Å². The summed E-state index contributed by atoms with van der Waals surface area (Å²) in [6.07, 6.45) is 3.26. The van der Waals surface area contributed by atoms with Crippen molar-refractivity contribution in [1.82, 2.24) is 9.88 Å². The summed E-state index contributed by atoms with van der Waals surface area (Å²) in [6, 6.07) is 4.01. The van der Waals surface area contributed by atoms with Crippen LogP contribution in [0.4, 0.5) is 4.79 Å². The number of rotatable bonds is 3. The summed E-state index contributed by atoms with van der Waals surface area (Å²) in [5.41, 5.74) is 1.22. The third-order valence-electron chi connectivity index (χ3n) is 3.59. The Kier molecular flexibility index (Phi) is 4.82. The van der Waals surface area contributed by atoms with Gasteiger partial charge in [0.2, 0.25) is 5.88 Å². The summed E-state index contributed by atoms with van der Waals surface area (Å²) < 4.78 is 10.6. The third-order valence-corrected chi connectivity index (χ3v) is 3.59. The maximum atomic E-state index is 11.4. The molecule has 0 unspecified atom stereocenters. The van der Waals surface area contributed by atoms with E-state index in [-0.39, 0.29) is 12.2 Å². The van der Waals surface area contributed by atoms with E-state index in [1.807, 2.05) is 12.1 Å². The molecule has 5 heteroatoms. The van der Waals surface area contributed by atoms with Crippen molar-refractivity contribution in [2.45, 2.75) is 38.7 Å². The van der Waals surface area contributed by atoms with Crippen LogP contribution >= 0.6 is 0 Å². The maximum absolute atomic E-state index is 11.4. The Labute approximate surface area is 119 Å². The lowest BCUT2D eigenvalue weighted by Gasteiger charge is -2.30. The number of carbonyl (C=O) groups excluding carboxylic acids is 1. The first kappa shape index (κ1) is 14.6. The van der Waals surface area contributed by atoms with Crippen LogP contribution in [0.25, 0.3) is 0 Å². The van der Waals surface area contributed by atoms with E-state index in [1.165, 1.54) is 12.7 Å². The molecule has 110 valence electrons. The van der Waals surface area contributed by atoms with Crippen LogP contribution in [0.15, 0.2) is 18.3 Å². The first-order chi connectivity index (χ1) is 9.60. The van der Waals surface area contributed by atoms with Gasteiger partial charge in [-0.2, -0.15) is 0 Å². The molecule has 1 aliphatic rings. The summed E-state index contributed by atoms with van der Waals surface area (Å²) in [6.45, 7) is 5.63. The van der Waals surface area contributed by atoms with Crippen LogP contribution in [0.1, 0.15) is 38.2 Å². The molecular formula is C15H22N2O3. The molecule has 0 saturated carbocycles. The molecule has 2 heterocycles. The fourth-order valence-electron chi connectivity index (χ4n) is 2.30. The number of hydrogen-bond donors (Lipinski definition) is 0. The Bertz CT molecular complexity index is 454. The molecule has 0 aromatic carbocycles. The van der Waals surface area contributed by atoms with Gasteiger partial charge in [0.15, 0.2) is 0 Å². The molecule has 0 bridgehead atoms. The highest BCUT2D eigenvalue weighted by atomic mass is 16.5. The second kappa shape index (κ2) is 6.59. The number of amides is 1. The molecule has 0 spiro atoms. The highest BCUT2D eigenvalue weighted by Gasteiger charge is 2.24. The van der Waals surface area contributed by atoms with E-state index in [2.05, 4.69) is 18.8 Å². The molecule has 1 aromatic rings. The number of piperidine rings is 1. The highest BCUT2D eigenvalue weighted by molar-refractivity contribution is 5.67. The molecule has 5 nitrogen and oxygen atoms in total. The second-order valence-electron chi connectivity index (χ2n) is 5.36. The molecule has 0 atom stereocenters. The first-order valence-corrected chi connectivity index (χ1v) is 7.05. The van der Waals surface area contributed by atoms with E-state index in [9.17, 15) is 4.79 Å². The van der Waals surface area contributed by atoms with E-state index in [0.717, 1.165) is 12.8 Å². The molecule has 1 saturated heterocycles. The van der Waals surface area contributed by atoms with Crippen LogP contribution < -0.4 is 4.74 Å². The number of ether oxygens (including phenoxy) is 2. The van der Waals surface area contributed by atoms with Gasteiger partial charge in [-0.05, 0) is 17.5 Å². The normalized spacial score (nSPS) is 16.3. The number of nitrogens with zero attached hydrogens (tertiary/aromatic N) is 2. The summed E-state index contributed by atoms with van der Waals surface area (Å²) in [7, 11) is 1.41. The number of pyridine rings is 1. The van der Waals surface area contributed by atoms with Crippen molar-refractivity contribution in [3.8, 4) is 5.88 Å². The van der Waals surface area contributed by atoms with Crippen molar-refractivity contribution in [2.75, 3.05) is 20.2 Å². The molecule has 20 heavy (non-hydrogen) atoms. The van der Waals surface area contributed by atoms with Crippen LogP contribution in [0.3, 0.4) is 0 Å². The van der Waals surface area contributed by atoms with Crippen LogP contribution in [0.5, 0.6) is 5.88 Å². The van der Waals surface area contributed by atoms with E-state index < -0.39 is 0 Å². The quantitative estimate of drug-likeness (QED) is 0.853. The van der Waals surface area contributed by atoms with Crippen LogP contribution in [-0.2, 0) is 4.74 Å². The Hall–Kier alpha value is -1.78. The number of aromatic nitrogens is 1. The van der Waals surface area contributed by atoms with Gasteiger partial charge >= 0.3 is 6.09 Å². The van der Waals surface area contributed by atoms with Crippen LogP contribution in [0, 0.1) is 0 Å². The van der Waals surface area contributed by atoms with Crippen molar-refractivity contribution in [1.29, 1.82) is 0 Å². The van der Waals surface area contributed by atoms with Gasteiger partial charge in [0, 0.05) is 38.2 Å². The van der Waals surface area contributed by atoms with Gasteiger partial charge in [-0.3, -0.25) is 0 Å². The highest BCUT2D eigenvalue weighted by Crippen LogP contribution is 2.21. The van der Waals surface area contributed by atoms with Crippen molar-refractivity contribution in [2.24, 2.45) is 0 Å². The molecule has 1 aliphatic heterocycles. The summed E-state index contributed by atoms with van der Waals surface area (Å²) in [5.74, 6) is 1.13. The zero-order chi connectivity index (χ0) is 14.5. The SMILES string of the molecule is COC(=O)N1CCC(Oc2cc(C(C)C)ccn2)CC1. The lowest BCUT2D eigenvalue weighted by atomic mass is 10.1. The van der Waals surface area contributed by atoms with Gasteiger partial charge < -0.3 is 14.4 Å². The van der Waals surface area contributed by atoms with Crippen molar-refractivity contribution in [3.05, 3.63) is 23.9 Å². The summed E-state index contributed by atoms with van der Waals surface area (Å²) in [4.78, 5) is 17.4. The predicted molar refractivity (Wildman–Crippen MR) is 76.0 cm³/mol. The first-order valence-electron chi connectivity index (χ1n) is 7.05. The third kappa shape index (κ3) is 3.62. The predicted octanol–water partition coefficient (Wildman–Crippen LogP) is 2.81. The minimum atomic E-state index is -0.261. The van der Waals surface area contributed by atoms with Gasteiger partial charge in [-0.15, -0.1) is 0 Å². The van der Waals surface area contributed by atoms with Crippen molar-refractivity contribution < 1.29 is 14.3 Å². The number of likely N-dealkylation sites (tertiary alicyclic amines) is 1. The van der Waals surface area contributed by atoms with Crippen LogP contribution in [0.2, 0.25) is 0 Å². The van der Waals surface area contributed by atoms with E-state index in [4.69, 9.17) is 9.47 Å². The molecule has 1 aromatic heterocycles. The Balaban J connectivity index is 1.89.